The summed E-state index contributed by atoms with van der Waals surface area (Å²) in [4.78, 5) is 10.1. The van der Waals surface area contributed by atoms with Crippen molar-refractivity contribution in [3.8, 4) is 0 Å². The SMILES string of the molecule is CS(=O)(=O)N/C(=N/[N+](=O)[O-])NCCOS(C)(=O)=O. The van der Waals surface area contributed by atoms with Gasteiger partial charge in [-0.3, -0.25) is 4.18 Å². The molecule has 106 valence electrons. The topological polar surface area (TPSA) is 157 Å². The van der Waals surface area contributed by atoms with Gasteiger partial charge in [0.1, 0.15) is 5.10 Å². The Hall–Kier alpha value is -1.47. The van der Waals surface area contributed by atoms with Gasteiger partial charge in [0.2, 0.25) is 10.0 Å². The first-order chi connectivity index (χ1) is 7.99. The van der Waals surface area contributed by atoms with Crippen LogP contribution < -0.4 is 10.0 Å². The molecule has 0 unspecified atom stereocenters. The first-order valence-electron chi connectivity index (χ1n) is 4.28. The van der Waals surface area contributed by atoms with E-state index in [9.17, 15) is 26.9 Å². The minimum absolute atomic E-state index is 0.192. The van der Waals surface area contributed by atoms with Gasteiger partial charge < -0.3 is 5.32 Å². The largest absolute Gasteiger partial charge is 0.348 e. The highest BCUT2D eigenvalue weighted by molar-refractivity contribution is 7.89. The van der Waals surface area contributed by atoms with Crippen LogP contribution in [0.3, 0.4) is 0 Å². The number of nitro groups is 1. The molecule has 0 aromatic heterocycles. The molecular weight excluding hydrogens is 292 g/mol. The number of nitrogens with zero attached hydrogens (tertiary/aromatic N) is 2. The van der Waals surface area contributed by atoms with E-state index >= 15 is 0 Å². The van der Waals surface area contributed by atoms with E-state index in [2.05, 4.69) is 14.6 Å². The lowest BCUT2D eigenvalue weighted by molar-refractivity contribution is -0.485. The summed E-state index contributed by atoms with van der Waals surface area (Å²) in [7, 11) is -7.37. The first kappa shape index (κ1) is 16.5. The normalized spacial score (nSPS) is 13.1. The van der Waals surface area contributed by atoms with Gasteiger partial charge in [-0.2, -0.15) is 8.42 Å². The Kier molecular flexibility index (Phi) is 5.93. The standard InChI is InChI=1S/C5H12N4O7S2/c1-17(12,13)8-5(7-9(10)11)6-3-4-16-18(2,14)15/h3-4H2,1-2H3,(H2,6,7,8). The van der Waals surface area contributed by atoms with Crippen LogP contribution >= 0.6 is 0 Å². The predicted molar refractivity (Wildman–Crippen MR) is 61.2 cm³/mol. The second-order valence-corrected chi connectivity index (χ2v) is 6.41. The van der Waals surface area contributed by atoms with E-state index in [1.165, 1.54) is 0 Å². The van der Waals surface area contributed by atoms with Crippen LogP contribution in [0.25, 0.3) is 0 Å². The van der Waals surface area contributed by atoms with Gasteiger partial charge in [0.25, 0.3) is 16.1 Å². The van der Waals surface area contributed by atoms with E-state index in [1.54, 1.807) is 4.72 Å². The van der Waals surface area contributed by atoms with E-state index in [1.807, 2.05) is 0 Å². The Morgan fingerprint density at radius 3 is 2.28 bits per heavy atom. The second-order valence-electron chi connectivity index (χ2n) is 3.01. The Morgan fingerprint density at radius 1 is 1.33 bits per heavy atom. The zero-order valence-electron chi connectivity index (χ0n) is 9.48. The van der Waals surface area contributed by atoms with Crippen molar-refractivity contribution < 1.29 is 26.1 Å². The van der Waals surface area contributed by atoms with Crippen molar-refractivity contribution in [2.45, 2.75) is 0 Å². The van der Waals surface area contributed by atoms with Gasteiger partial charge in [0, 0.05) is 6.54 Å². The summed E-state index contributed by atoms with van der Waals surface area (Å²) in [5, 5.41) is 13.9. The molecule has 0 rings (SSSR count). The fourth-order valence-corrected chi connectivity index (χ4v) is 1.56. The van der Waals surface area contributed by atoms with E-state index in [4.69, 9.17) is 0 Å². The lowest BCUT2D eigenvalue weighted by Gasteiger charge is -2.07. The molecule has 0 atom stereocenters. The van der Waals surface area contributed by atoms with Crippen LogP contribution in [0.15, 0.2) is 5.10 Å². The number of guanidine groups is 1. The van der Waals surface area contributed by atoms with Crippen molar-refractivity contribution in [1.82, 2.24) is 10.0 Å². The van der Waals surface area contributed by atoms with Gasteiger partial charge in [-0.1, -0.05) is 0 Å². The Balaban J connectivity index is 4.41. The van der Waals surface area contributed by atoms with Crippen molar-refractivity contribution >= 4 is 26.1 Å². The van der Waals surface area contributed by atoms with E-state index in [0.29, 0.717) is 0 Å². The third kappa shape index (κ3) is 11.0. The summed E-state index contributed by atoms with van der Waals surface area (Å²) < 4.78 is 48.9. The highest BCUT2D eigenvalue weighted by Crippen LogP contribution is 1.85. The molecule has 0 bridgehead atoms. The minimum Gasteiger partial charge on any atom is -0.348 e. The quantitative estimate of drug-likeness (QED) is 0.138. The molecule has 0 aliphatic carbocycles. The highest BCUT2D eigenvalue weighted by Gasteiger charge is 2.11. The van der Waals surface area contributed by atoms with Gasteiger partial charge in [-0.05, 0) is 0 Å². The molecule has 0 fully saturated rings. The summed E-state index contributed by atoms with van der Waals surface area (Å²) in [5.74, 6) is -0.639. The number of hydrogen-bond acceptors (Lipinski definition) is 7. The number of hydrogen-bond donors (Lipinski definition) is 2. The number of sulfonamides is 1. The van der Waals surface area contributed by atoms with E-state index in [-0.39, 0.29) is 13.2 Å². The van der Waals surface area contributed by atoms with Crippen molar-refractivity contribution in [3.05, 3.63) is 10.1 Å². The summed E-state index contributed by atoms with van der Waals surface area (Å²) >= 11 is 0. The first-order valence-corrected chi connectivity index (χ1v) is 7.99. The molecule has 0 saturated carbocycles. The molecule has 0 aliphatic heterocycles. The molecule has 11 nitrogen and oxygen atoms in total. The smallest absolute Gasteiger partial charge is 0.282 e. The van der Waals surface area contributed by atoms with Gasteiger partial charge in [0.05, 0.1) is 19.1 Å². The average molecular weight is 304 g/mol. The molecule has 0 radical (unpaired) electrons. The van der Waals surface area contributed by atoms with Gasteiger partial charge in [0.15, 0.2) is 5.03 Å². The third-order valence-corrected chi connectivity index (χ3v) is 2.31. The summed E-state index contributed by atoms with van der Waals surface area (Å²) in [6.07, 6.45) is 1.60. The van der Waals surface area contributed by atoms with Crippen molar-refractivity contribution in [2.75, 3.05) is 25.7 Å². The van der Waals surface area contributed by atoms with Gasteiger partial charge in [-0.25, -0.2) is 23.3 Å². The van der Waals surface area contributed by atoms with Crippen molar-refractivity contribution in [1.29, 1.82) is 0 Å². The molecule has 0 spiro atoms. The molecule has 18 heavy (non-hydrogen) atoms. The zero-order valence-corrected chi connectivity index (χ0v) is 11.1. The minimum atomic E-state index is -3.74. The van der Waals surface area contributed by atoms with Crippen LogP contribution in [0.2, 0.25) is 0 Å². The Labute approximate surface area is 104 Å². The molecular formula is C5H12N4O7S2. The number of rotatable bonds is 6. The van der Waals surface area contributed by atoms with Crippen LogP contribution in [0.5, 0.6) is 0 Å². The zero-order chi connectivity index (χ0) is 14.4. The van der Waals surface area contributed by atoms with Crippen LogP contribution in [0.4, 0.5) is 0 Å². The van der Waals surface area contributed by atoms with Crippen LogP contribution in [0.1, 0.15) is 0 Å². The monoisotopic (exact) mass is 304 g/mol. The van der Waals surface area contributed by atoms with Gasteiger partial charge >= 0.3 is 0 Å². The van der Waals surface area contributed by atoms with Gasteiger partial charge in [-0.15, -0.1) is 0 Å². The number of hydrazone groups is 1. The molecule has 0 aromatic carbocycles. The Bertz CT molecular complexity index is 522. The lowest BCUT2D eigenvalue weighted by atomic mass is 10.7. The maximum absolute atomic E-state index is 10.8. The second kappa shape index (κ2) is 6.46. The number of nitrogens with one attached hydrogen (secondary N) is 2. The van der Waals surface area contributed by atoms with Crippen molar-refractivity contribution in [3.63, 3.8) is 0 Å². The molecule has 13 heteroatoms. The lowest BCUT2D eigenvalue weighted by Crippen LogP contribution is -2.42. The van der Waals surface area contributed by atoms with Crippen LogP contribution in [-0.4, -0.2) is 53.5 Å². The molecule has 0 amide bonds. The van der Waals surface area contributed by atoms with Crippen LogP contribution in [-0.2, 0) is 24.3 Å². The third-order valence-electron chi connectivity index (χ3n) is 1.16. The maximum Gasteiger partial charge on any atom is 0.282 e. The Morgan fingerprint density at radius 2 is 1.89 bits per heavy atom. The van der Waals surface area contributed by atoms with Crippen molar-refractivity contribution in [2.24, 2.45) is 5.10 Å². The summed E-state index contributed by atoms with van der Waals surface area (Å²) in [6, 6.07) is 0. The fraction of sp³-hybridized carbons (Fsp3) is 0.800. The average Bonchev–Trinajstić information content (AvgIpc) is 2.06. The van der Waals surface area contributed by atoms with E-state index < -0.39 is 31.1 Å². The van der Waals surface area contributed by atoms with Crippen LogP contribution in [0, 0.1) is 10.1 Å². The van der Waals surface area contributed by atoms with E-state index in [0.717, 1.165) is 12.5 Å². The molecule has 0 saturated heterocycles. The maximum atomic E-state index is 10.8. The summed E-state index contributed by atoms with van der Waals surface area (Å²) in [6.45, 7) is -0.525. The highest BCUT2D eigenvalue weighted by atomic mass is 32.2. The molecule has 0 aromatic rings. The molecule has 0 heterocycles. The fourth-order valence-electron chi connectivity index (χ4n) is 0.712. The molecule has 2 N–H and O–H groups in total. The summed E-state index contributed by atoms with van der Waals surface area (Å²) in [5.41, 5.74) is 0. The molecule has 0 aliphatic rings. The predicted octanol–water partition coefficient (Wildman–Crippen LogP) is -2.35.